The fourth-order valence-corrected chi connectivity index (χ4v) is 3.00. The maximum absolute atomic E-state index is 9.85. The van der Waals surface area contributed by atoms with Crippen molar-refractivity contribution < 1.29 is 5.11 Å². The molecule has 0 amide bonds. The maximum atomic E-state index is 9.85. The fourth-order valence-electron chi connectivity index (χ4n) is 1.99. The van der Waals surface area contributed by atoms with E-state index >= 15 is 0 Å². The van der Waals surface area contributed by atoms with Gasteiger partial charge in [-0.2, -0.15) is 4.68 Å². The van der Waals surface area contributed by atoms with Gasteiger partial charge in [0.1, 0.15) is 0 Å². The van der Waals surface area contributed by atoms with Crippen molar-refractivity contribution >= 4 is 11.8 Å². The van der Waals surface area contributed by atoms with E-state index in [-0.39, 0.29) is 0 Å². The zero-order chi connectivity index (χ0) is 14.7. The summed E-state index contributed by atoms with van der Waals surface area (Å²) in [6, 6.07) is 17.4. The van der Waals surface area contributed by atoms with Gasteiger partial charge >= 0.3 is 0 Å². The van der Waals surface area contributed by atoms with Gasteiger partial charge in [0.05, 0.1) is 11.8 Å². The summed E-state index contributed by atoms with van der Waals surface area (Å²) < 4.78 is 1.68. The van der Waals surface area contributed by atoms with Crippen LogP contribution in [0, 0.1) is 0 Å². The van der Waals surface area contributed by atoms with E-state index in [4.69, 9.17) is 0 Å². The summed E-state index contributed by atoms with van der Waals surface area (Å²) in [4.78, 5) is 0.944. The number of tetrazole rings is 1. The Bertz CT molecular complexity index is 727. The summed E-state index contributed by atoms with van der Waals surface area (Å²) in [7, 11) is 0. The first-order chi connectivity index (χ1) is 10.3. The van der Waals surface area contributed by atoms with Crippen LogP contribution in [-0.2, 0) is 0 Å². The van der Waals surface area contributed by atoms with Gasteiger partial charge < -0.3 is 5.11 Å². The number of aromatic nitrogens is 4. The van der Waals surface area contributed by atoms with Crippen molar-refractivity contribution in [2.24, 2.45) is 0 Å². The van der Waals surface area contributed by atoms with Crippen LogP contribution in [0.25, 0.3) is 5.69 Å². The highest BCUT2D eigenvalue weighted by atomic mass is 32.2. The maximum Gasteiger partial charge on any atom is 0.218 e. The minimum Gasteiger partial charge on any atom is -0.389 e. The first-order valence-corrected chi connectivity index (χ1v) is 7.36. The molecule has 0 bridgehead atoms. The lowest BCUT2D eigenvalue weighted by Crippen LogP contribution is -1.99. The number of rotatable bonds is 4. The Morgan fingerprint density at radius 2 is 1.76 bits per heavy atom. The lowest BCUT2D eigenvalue weighted by molar-refractivity contribution is 0.196. The van der Waals surface area contributed by atoms with E-state index < -0.39 is 6.10 Å². The predicted octanol–water partition coefficient (Wildman–Crippen LogP) is 2.87. The fraction of sp³-hybridized carbons (Fsp3) is 0.133. The molecule has 0 aliphatic rings. The molecular weight excluding hydrogens is 284 g/mol. The van der Waals surface area contributed by atoms with Crippen LogP contribution < -0.4 is 0 Å². The van der Waals surface area contributed by atoms with Crippen molar-refractivity contribution in [3.05, 3.63) is 60.2 Å². The Balaban J connectivity index is 1.96. The van der Waals surface area contributed by atoms with Gasteiger partial charge in [-0.1, -0.05) is 36.4 Å². The highest BCUT2D eigenvalue weighted by Gasteiger charge is 2.14. The predicted molar refractivity (Wildman–Crippen MR) is 80.4 cm³/mol. The Labute approximate surface area is 126 Å². The summed E-state index contributed by atoms with van der Waals surface area (Å²) >= 11 is 1.44. The van der Waals surface area contributed by atoms with Gasteiger partial charge in [-0.3, -0.25) is 0 Å². The monoisotopic (exact) mass is 298 g/mol. The number of nitrogens with zero attached hydrogens (tertiary/aromatic N) is 4. The van der Waals surface area contributed by atoms with Crippen molar-refractivity contribution in [1.29, 1.82) is 0 Å². The third-order valence-electron chi connectivity index (χ3n) is 3.01. The number of hydrogen-bond acceptors (Lipinski definition) is 5. The quantitative estimate of drug-likeness (QED) is 0.802. The van der Waals surface area contributed by atoms with E-state index in [2.05, 4.69) is 15.5 Å². The van der Waals surface area contributed by atoms with E-state index in [1.165, 1.54) is 11.8 Å². The second-order valence-corrected chi connectivity index (χ2v) is 5.53. The first kappa shape index (κ1) is 13.8. The second-order valence-electron chi connectivity index (χ2n) is 4.52. The van der Waals surface area contributed by atoms with E-state index in [0.29, 0.717) is 5.16 Å². The summed E-state index contributed by atoms with van der Waals surface area (Å²) in [5, 5.41) is 22.4. The van der Waals surface area contributed by atoms with Crippen molar-refractivity contribution in [1.82, 2.24) is 20.2 Å². The van der Waals surface area contributed by atoms with Crippen LogP contribution >= 0.6 is 11.8 Å². The molecule has 0 radical (unpaired) electrons. The highest BCUT2D eigenvalue weighted by Crippen LogP contribution is 2.32. The normalized spacial score (nSPS) is 12.3. The molecule has 1 aromatic heterocycles. The Hall–Kier alpha value is -2.18. The lowest BCUT2D eigenvalue weighted by Gasteiger charge is -2.10. The molecule has 6 heteroatoms. The standard InChI is InChI=1S/C15H14N4OS/c1-11(20)13-9-5-6-10-14(13)21-15-16-17-18-19(15)12-7-3-2-4-8-12/h2-11,20H,1H3/t11-/m0/s1. The highest BCUT2D eigenvalue weighted by molar-refractivity contribution is 7.99. The molecule has 1 N–H and O–H groups in total. The average molecular weight is 298 g/mol. The molecule has 0 saturated carbocycles. The molecule has 0 saturated heterocycles. The molecule has 0 fully saturated rings. The molecule has 2 aromatic carbocycles. The van der Waals surface area contributed by atoms with Crippen molar-refractivity contribution in [2.75, 3.05) is 0 Å². The molecule has 0 aliphatic carbocycles. The van der Waals surface area contributed by atoms with Gasteiger partial charge in [0.15, 0.2) is 0 Å². The van der Waals surface area contributed by atoms with E-state index in [1.54, 1.807) is 11.6 Å². The molecule has 21 heavy (non-hydrogen) atoms. The molecule has 3 rings (SSSR count). The van der Waals surface area contributed by atoms with Crippen LogP contribution in [0.1, 0.15) is 18.6 Å². The molecule has 1 atom stereocenters. The molecule has 0 aliphatic heterocycles. The lowest BCUT2D eigenvalue weighted by atomic mass is 10.1. The summed E-state index contributed by atoms with van der Waals surface area (Å²) in [5.74, 6) is 0. The number of para-hydroxylation sites is 1. The zero-order valence-corrected chi connectivity index (χ0v) is 12.2. The van der Waals surface area contributed by atoms with E-state index in [1.807, 2.05) is 54.6 Å². The number of aliphatic hydroxyl groups is 1. The summed E-state index contributed by atoms with van der Waals surface area (Å²) in [6.45, 7) is 1.75. The van der Waals surface area contributed by atoms with Gasteiger partial charge in [-0.25, -0.2) is 0 Å². The van der Waals surface area contributed by atoms with Crippen LogP contribution in [0.5, 0.6) is 0 Å². The topological polar surface area (TPSA) is 63.8 Å². The molecule has 106 valence electrons. The van der Waals surface area contributed by atoms with Crippen LogP contribution in [0.2, 0.25) is 0 Å². The molecule has 0 unspecified atom stereocenters. The molecule has 3 aromatic rings. The third-order valence-corrected chi connectivity index (χ3v) is 4.04. The minimum atomic E-state index is -0.533. The second kappa shape index (κ2) is 6.07. The van der Waals surface area contributed by atoms with Crippen molar-refractivity contribution in [3.8, 4) is 5.69 Å². The van der Waals surface area contributed by atoms with Gasteiger partial charge in [0.25, 0.3) is 0 Å². The number of aliphatic hydroxyl groups excluding tert-OH is 1. The molecule has 5 nitrogen and oxygen atoms in total. The van der Waals surface area contributed by atoms with Gasteiger partial charge in [-0.15, -0.1) is 5.10 Å². The van der Waals surface area contributed by atoms with Gasteiger partial charge in [-0.05, 0) is 52.9 Å². The summed E-state index contributed by atoms with van der Waals surface area (Å²) in [5.41, 5.74) is 1.77. The molecule has 0 spiro atoms. The number of benzene rings is 2. The van der Waals surface area contributed by atoms with Crippen LogP contribution in [-0.4, -0.2) is 25.3 Å². The van der Waals surface area contributed by atoms with Crippen LogP contribution in [0.3, 0.4) is 0 Å². The minimum absolute atomic E-state index is 0.533. The van der Waals surface area contributed by atoms with E-state index in [0.717, 1.165) is 16.1 Å². The van der Waals surface area contributed by atoms with Gasteiger partial charge in [0, 0.05) is 4.90 Å². The van der Waals surface area contributed by atoms with Crippen molar-refractivity contribution in [2.45, 2.75) is 23.1 Å². The van der Waals surface area contributed by atoms with Crippen molar-refractivity contribution in [3.63, 3.8) is 0 Å². The third kappa shape index (κ3) is 2.96. The smallest absolute Gasteiger partial charge is 0.218 e. The zero-order valence-electron chi connectivity index (χ0n) is 11.4. The largest absolute Gasteiger partial charge is 0.389 e. The molecule has 1 heterocycles. The summed E-state index contributed by atoms with van der Waals surface area (Å²) in [6.07, 6.45) is -0.533. The SMILES string of the molecule is C[C@H](O)c1ccccc1Sc1nnnn1-c1ccccc1. The average Bonchev–Trinajstić information content (AvgIpc) is 2.96. The Morgan fingerprint density at radius 3 is 2.52 bits per heavy atom. The first-order valence-electron chi connectivity index (χ1n) is 6.54. The van der Waals surface area contributed by atoms with Crippen LogP contribution in [0.15, 0.2) is 64.6 Å². The Kier molecular flexibility index (Phi) is 3.98. The van der Waals surface area contributed by atoms with Gasteiger partial charge in [0.2, 0.25) is 5.16 Å². The molecular formula is C15H14N4OS. The van der Waals surface area contributed by atoms with Crippen LogP contribution in [0.4, 0.5) is 0 Å². The van der Waals surface area contributed by atoms with E-state index in [9.17, 15) is 5.11 Å². The number of hydrogen-bond donors (Lipinski definition) is 1. The Morgan fingerprint density at radius 1 is 1.05 bits per heavy atom.